The zero-order chi connectivity index (χ0) is 29.0. The molecule has 0 radical (unpaired) electrons. The van der Waals surface area contributed by atoms with Crippen molar-refractivity contribution < 1.29 is 26.4 Å². The van der Waals surface area contributed by atoms with E-state index in [1.807, 2.05) is 72.5 Å². The first-order chi connectivity index (χ1) is 19.2. The Morgan fingerprint density at radius 3 is 1.95 bits per heavy atom. The Labute approximate surface area is 236 Å². The molecule has 0 unspecified atom stereocenters. The number of amides is 1. The van der Waals surface area contributed by atoms with Crippen LogP contribution in [-0.2, 0) is 33.5 Å². The summed E-state index contributed by atoms with van der Waals surface area (Å²) in [5.41, 5.74) is 3.16. The summed E-state index contributed by atoms with van der Waals surface area (Å²) in [6, 6.07) is 33.2. The molecule has 0 atom stereocenters. The molecule has 0 fully saturated rings. The zero-order valence-electron chi connectivity index (χ0n) is 22.2. The highest BCUT2D eigenvalue weighted by molar-refractivity contribution is 7.90. The van der Waals surface area contributed by atoms with Crippen LogP contribution in [0.2, 0.25) is 0 Å². The van der Waals surface area contributed by atoms with Crippen molar-refractivity contribution in [2.45, 2.75) is 25.0 Å². The van der Waals surface area contributed by atoms with Crippen molar-refractivity contribution in [3.63, 3.8) is 0 Å². The van der Waals surface area contributed by atoms with Crippen LogP contribution in [0.15, 0.2) is 118 Å². The molecule has 0 saturated carbocycles. The van der Waals surface area contributed by atoms with E-state index in [2.05, 4.69) is 10.4 Å². The van der Waals surface area contributed by atoms with Gasteiger partial charge in [-0.1, -0.05) is 71.1 Å². The predicted octanol–water partition coefficient (Wildman–Crippen LogP) is 5.59. The minimum atomic E-state index is -3.27. The van der Waals surface area contributed by atoms with Crippen LogP contribution in [0.4, 0.5) is 5.69 Å². The van der Waals surface area contributed by atoms with E-state index in [0.717, 1.165) is 23.6 Å². The number of carbonyl (C=O) groups is 1. The summed E-state index contributed by atoms with van der Waals surface area (Å²) in [5.74, 6) is 0.223. The average Bonchev–Trinajstić information content (AvgIpc) is 2.93. The molecule has 4 aromatic rings. The number of carbonyl (C=O) groups excluding carboxylic acids is 1. The SMILES string of the molecule is CCN(Cc1cccc(S(C)(=O)=O)c1)c1ccc(C(=O)N=S(=O)=O)cc1.c1ccc2c(c1)CO2.c1ccccc1. The number of hydrogen-bond donors (Lipinski definition) is 0. The van der Waals surface area contributed by atoms with Crippen molar-refractivity contribution in [1.82, 2.24) is 0 Å². The molecule has 4 aromatic carbocycles. The molecular formula is C30H30N2O6S2. The molecule has 0 aliphatic carbocycles. The number of hydrogen-bond acceptors (Lipinski definition) is 7. The fourth-order valence-electron chi connectivity index (χ4n) is 3.64. The highest BCUT2D eigenvalue weighted by Crippen LogP contribution is 2.27. The molecule has 0 aromatic heterocycles. The summed E-state index contributed by atoms with van der Waals surface area (Å²) in [6.07, 6.45) is 1.17. The van der Waals surface area contributed by atoms with E-state index in [-0.39, 0.29) is 10.5 Å². The number of sulfone groups is 1. The van der Waals surface area contributed by atoms with Gasteiger partial charge < -0.3 is 9.64 Å². The summed E-state index contributed by atoms with van der Waals surface area (Å²) in [4.78, 5) is 13.9. The molecule has 208 valence electrons. The molecule has 1 amide bonds. The van der Waals surface area contributed by atoms with Crippen LogP contribution in [0.5, 0.6) is 5.75 Å². The standard InChI is InChI=1S/C17H18N2O5S2.C7H6O.C6H6/c1-3-19(12-13-5-4-6-16(11-13)26(2,23)24)15-9-7-14(8-10-15)17(20)18-25(21)22;1-2-4-7-6(3-1)5-8-7;1-2-4-6-5-3-1/h4-11H,3,12H2,1-2H3;1-4H,5H2;1-6H. The number of benzene rings is 4. The van der Waals surface area contributed by atoms with E-state index in [0.29, 0.717) is 13.1 Å². The second-order valence-corrected chi connectivity index (χ2v) is 11.3. The number of ether oxygens (including phenoxy) is 1. The quantitative estimate of drug-likeness (QED) is 0.294. The zero-order valence-corrected chi connectivity index (χ0v) is 23.8. The summed E-state index contributed by atoms with van der Waals surface area (Å²) in [7, 11) is -6.06. The van der Waals surface area contributed by atoms with E-state index >= 15 is 0 Å². The van der Waals surface area contributed by atoms with Gasteiger partial charge in [0.15, 0.2) is 9.84 Å². The first-order valence-corrected chi connectivity index (χ1v) is 15.3. The third-order valence-corrected chi connectivity index (χ3v) is 7.17. The molecule has 0 bridgehead atoms. The van der Waals surface area contributed by atoms with Crippen LogP contribution < -0.4 is 9.64 Å². The van der Waals surface area contributed by atoms with Crippen LogP contribution >= 0.6 is 0 Å². The maximum atomic E-state index is 11.7. The molecule has 8 nitrogen and oxygen atoms in total. The van der Waals surface area contributed by atoms with E-state index in [9.17, 15) is 21.6 Å². The van der Waals surface area contributed by atoms with Gasteiger partial charge >= 0.3 is 10.5 Å². The second-order valence-electron chi connectivity index (χ2n) is 8.65. The lowest BCUT2D eigenvalue weighted by atomic mass is 10.1. The smallest absolute Gasteiger partial charge is 0.319 e. The number of fused-ring (bicyclic) bond motifs is 1. The number of para-hydroxylation sites is 1. The lowest BCUT2D eigenvalue weighted by Gasteiger charge is -2.23. The molecule has 40 heavy (non-hydrogen) atoms. The first-order valence-electron chi connectivity index (χ1n) is 12.4. The van der Waals surface area contributed by atoms with Crippen molar-refractivity contribution in [2.75, 3.05) is 17.7 Å². The summed E-state index contributed by atoms with van der Waals surface area (Å²) in [6.45, 7) is 3.90. The molecular weight excluding hydrogens is 548 g/mol. The Morgan fingerprint density at radius 1 is 0.875 bits per heavy atom. The monoisotopic (exact) mass is 578 g/mol. The highest BCUT2D eigenvalue weighted by atomic mass is 32.2. The number of anilines is 1. The molecule has 5 rings (SSSR count). The number of rotatable bonds is 6. The molecule has 10 heteroatoms. The highest BCUT2D eigenvalue weighted by Gasteiger charge is 2.12. The second kappa shape index (κ2) is 14.8. The van der Waals surface area contributed by atoms with Gasteiger partial charge in [-0.05, 0) is 55.0 Å². The van der Waals surface area contributed by atoms with Gasteiger partial charge in [0.2, 0.25) is 0 Å². The maximum absolute atomic E-state index is 11.7. The van der Waals surface area contributed by atoms with E-state index in [1.165, 1.54) is 24.0 Å². The Hall–Kier alpha value is -4.28. The minimum Gasteiger partial charge on any atom is -0.488 e. The third kappa shape index (κ3) is 9.48. The van der Waals surface area contributed by atoms with E-state index in [4.69, 9.17) is 4.74 Å². The lowest BCUT2D eigenvalue weighted by molar-refractivity contribution is 0.100. The molecule has 0 saturated heterocycles. The van der Waals surface area contributed by atoms with E-state index in [1.54, 1.807) is 30.3 Å². The predicted molar refractivity (Wildman–Crippen MR) is 156 cm³/mol. The maximum Gasteiger partial charge on any atom is 0.319 e. The number of nitrogens with zero attached hydrogens (tertiary/aromatic N) is 2. The van der Waals surface area contributed by atoms with Gasteiger partial charge in [0.1, 0.15) is 12.4 Å². The lowest BCUT2D eigenvalue weighted by Crippen LogP contribution is -2.22. The third-order valence-electron chi connectivity index (χ3n) is 5.74. The van der Waals surface area contributed by atoms with Gasteiger partial charge in [0.25, 0.3) is 5.91 Å². The van der Waals surface area contributed by atoms with Gasteiger partial charge in [0.05, 0.1) is 4.90 Å². The molecule has 0 N–H and O–H groups in total. The Balaban J connectivity index is 0.000000251. The van der Waals surface area contributed by atoms with Crippen LogP contribution in [-0.4, -0.2) is 35.5 Å². The fourth-order valence-corrected chi connectivity index (χ4v) is 4.57. The average molecular weight is 579 g/mol. The Kier molecular flexibility index (Phi) is 11.2. The largest absolute Gasteiger partial charge is 0.488 e. The van der Waals surface area contributed by atoms with Crippen molar-refractivity contribution in [1.29, 1.82) is 0 Å². The van der Waals surface area contributed by atoms with Crippen molar-refractivity contribution in [2.24, 2.45) is 4.36 Å². The van der Waals surface area contributed by atoms with Gasteiger partial charge in [-0.2, -0.15) is 8.42 Å². The first kappa shape index (κ1) is 30.3. The topological polar surface area (TPSA) is 110 Å². The van der Waals surface area contributed by atoms with Crippen LogP contribution in [0, 0.1) is 0 Å². The summed E-state index contributed by atoms with van der Waals surface area (Å²) >= 11 is 0. The molecule has 0 spiro atoms. The van der Waals surface area contributed by atoms with E-state index < -0.39 is 26.2 Å². The van der Waals surface area contributed by atoms with Crippen molar-refractivity contribution >= 4 is 31.9 Å². The Morgan fingerprint density at radius 2 is 1.50 bits per heavy atom. The van der Waals surface area contributed by atoms with Gasteiger partial charge in [0, 0.05) is 36.2 Å². The molecule has 1 heterocycles. The van der Waals surface area contributed by atoms with Gasteiger partial charge in [-0.25, -0.2) is 8.42 Å². The normalized spacial score (nSPS) is 11.1. The van der Waals surface area contributed by atoms with Gasteiger partial charge in [-0.15, -0.1) is 0 Å². The van der Waals surface area contributed by atoms with Crippen LogP contribution in [0.1, 0.15) is 28.4 Å². The summed E-state index contributed by atoms with van der Waals surface area (Å²) < 4.78 is 52.3. The summed E-state index contributed by atoms with van der Waals surface area (Å²) in [5, 5.41) is 0. The minimum absolute atomic E-state index is 0.174. The molecule has 1 aliphatic rings. The van der Waals surface area contributed by atoms with Crippen LogP contribution in [0.25, 0.3) is 0 Å². The van der Waals surface area contributed by atoms with Crippen molar-refractivity contribution in [3.05, 3.63) is 126 Å². The van der Waals surface area contributed by atoms with Gasteiger partial charge in [-0.3, -0.25) is 4.79 Å². The fraction of sp³-hybridized carbons (Fsp3) is 0.167. The van der Waals surface area contributed by atoms with Crippen molar-refractivity contribution in [3.8, 4) is 5.75 Å². The molecule has 1 aliphatic heterocycles. The Bertz CT molecular complexity index is 1600. The van der Waals surface area contributed by atoms with Crippen LogP contribution in [0.3, 0.4) is 0 Å².